The van der Waals surface area contributed by atoms with Crippen LogP contribution in [0.4, 0.5) is 11.6 Å². The lowest BCUT2D eigenvalue weighted by atomic mass is 10.2. The maximum atomic E-state index is 5.97. The summed E-state index contributed by atoms with van der Waals surface area (Å²) in [5.41, 5.74) is 6.92. The maximum Gasteiger partial charge on any atom is 0.134 e. The summed E-state index contributed by atoms with van der Waals surface area (Å²) in [5, 5.41) is 3.44. The second-order valence-electron chi connectivity index (χ2n) is 5.88. The standard InChI is InChI=1S/C15H27N5/c1-5-6-13-18-14(16)11(3)15(19-13)17-9-10(2)20(4)12-7-8-12/h10,12H,5-9H2,1-4H3,(H3,16,17,18,19). The zero-order valence-electron chi connectivity index (χ0n) is 13.1. The maximum absolute atomic E-state index is 5.97. The Hall–Kier alpha value is -1.36. The van der Waals surface area contributed by atoms with Gasteiger partial charge in [-0.1, -0.05) is 6.92 Å². The van der Waals surface area contributed by atoms with Gasteiger partial charge in [-0.05, 0) is 40.2 Å². The minimum atomic E-state index is 0.493. The van der Waals surface area contributed by atoms with Gasteiger partial charge in [0.05, 0.1) is 0 Å². The third-order valence-corrected chi connectivity index (χ3v) is 4.09. The van der Waals surface area contributed by atoms with Crippen LogP contribution in [0.3, 0.4) is 0 Å². The molecule has 0 spiro atoms. The molecule has 0 amide bonds. The Kier molecular flexibility index (Phi) is 4.81. The molecule has 1 aromatic rings. The first-order valence-electron chi connectivity index (χ1n) is 7.61. The van der Waals surface area contributed by atoms with Gasteiger partial charge in [0.25, 0.3) is 0 Å². The fourth-order valence-corrected chi connectivity index (χ4v) is 2.32. The summed E-state index contributed by atoms with van der Waals surface area (Å²) in [6, 6.07) is 1.27. The Balaban J connectivity index is 2.00. The number of anilines is 2. The Morgan fingerprint density at radius 2 is 2.10 bits per heavy atom. The van der Waals surface area contributed by atoms with E-state index in [-0.39, 0.29) is 0 Å². The van der Waals surface area contributed by atoms with Gasteiger partial charge in [-0.15, -0.1) is 0 Å². The molecule has 3 N–H and O–H groups in total. The molecule has 5 heteroatoms. The van der Waals surface area contributed by atoms with Crippen LogP contribution in [0.2, 0.25) is 0 Å². The summed E-state index contributed by atoms with van der Waals surface area (Å²) in [6.45, 7) is 7.23. The van der Waals surface area contributed by atoms with Gasteiger partial charge in [-0.3, -0.25) is 4.90 Å². The monoisotopic (exact) mass is 277 g/mol. The zero-order valence-corrected chi connectivity index (χ0v) is 13.1. The fraction of sp³-hybridized carbons (Fsp3) is 0.733. The van der Waals surface area contributed by atoms with Crippen LogP contribution in [0.15, 0.2) is 0 Å². The molecule has 1 atom stereocenters. The van der Waals surface area contributed by atoms with E-state index in [0.29, 0.717) is 11.9 Å². The van der Waals surface area contributed by atoms with Crippen molar-refractivity contribution < 1.29 is 0 Å². The number of nitrogens with two attached hydrogens (primary N) is 1. The summed E-state index contributed by atoms with van der Waals surface area (Å²) in [5.74, 6) is 2.31. The van der Waals surface area contributed by atoms with Crippen molar-refractivity contribution in [1.82, 2.24) is 14.9 Å². The van der Waals surface area contributed by atoms with Crippen molar-refractivity contribution in [2.45, 2.75) is 58.5 Å². The van der Waals surface area contributed by atoms with Gasteiger partial charge in [0, 0.05) is 30.6 Å². The molecule has 0 bridgehead atoms. The molecule has 0 aliphatic heterocycles. The van der Waals surface area contributed by atoms with Gasteiger partial charge in [-0.2, -0.15) is 0 Å². The van der Waals surface area contributed by atoms with Crippen molar-refractivity contribution in [3.63, 3.8) is 0 Å². The highest BCUT2D eigenvalue weighted by Gasteiger charge is 2.29. The van der Waals surface area contributed by atoms with E-state index < -0.39 is 0 Å². The molecule has 1 heterocycles. The van der Waals surface area contributed by atoms with Crippen LogP contribution in [-0.4, -0.2) is 40.5 Å². The van der Waals surface area contributed by atoms with Crippen molar-refractivity contribution in [2.75, 3.05) is 24.6 Å². The van der Waals surface area contributed by atoms with E-state index in [1.54, 1.807) is 0 Å². The molecule has 1 aliphatic rings. The molecule has 2 rings (SSSR count). The number of hydrogen-bond donors (Lipinski definition) is 2. The lowest BCUT2D eigenvalue weighted by molar-refractivity contribution is 0.257. The first-order valence-corrected chi connectivity index (χ1v) is 7.61. The molecule has 0 radical (unpaired) electrons. The van der Waals surface area contributed by atoms with E-state index in [0.717, 1.165) is 42.6 Å². The van der Waals surface area contributed by atoms with E-state index in [9.17, 15) is 0 Å². The highest BCUT2D eigenvalue weighted by Crippen LogP contribution is 2.27. The second-order valence-corrected chi connectivity index (χ2v) is 5.88. The summed E-state index contributed by atoms with van der Waals surface area (Å²) < 4.78 is 0. The number of aromatic nitrogens is 2. The average Bonchev–Trinajstić information content (AvgIpc) is 3.24. The number of nitrogens with one attached hydrogen (secondary N) is 1. The third-order valence-electron chi connectivity index (χ3n) is 4.09. The average molecular weight is 277 g/mol. The molecule has 0 aromatic carbocycles. The van der Waals surface area contributed by atoms with Crippen molar-refractivity contribution >= 4 is 11.6 Å². The predicted molar refractivity (Wildman–Crippen MR) is 83.9 cm³/mol. The van der Waals surface area contributed by atoms with Gasteiger partial charge in [0.2, 0.25) is 0 Å². The smallest absolute Gasteiger partial charge is 0.134 e. The summed E-state index contributed by atoms with van der Waals surface area (Å²) in [7, 11) is 2.20. The molecule has 1 unspecified atom stereocenters. The molecule has 1 saturated carbocycles. The van der Waals surface area contributed by atoms with E-state index in [1.165, 1.54) is 12.8 Å². The number of aryl methyl sites for hydroxylation is 1. The predicted octanol–water partition coefficient (Wildman–Crippen LogP) is 2.21. The normalized spacial score (nSPS) is 16.4. The summed E-state index contributed by atoms with van der Waals surface area (Å²) >= 11 is 0. The minimum absolute atomic E-state index is 0.493. The van der Waals surface area contributed by atoms with E-state index >= 15 is 0 Å². The van der Waals surface area contributed by atoms with Crippen LogP contribution in [-0.2, 0) is 6.42 Å². The molecule has 0 saturated heterocycles. The quantitative estimate of drug-likeness (QED) is 0.800. The number of hydrogen-bond acceptors (Lipinski definition) is 5. The molecule has 20 heavy (non-hydrogen) atoms. The largest absolute Gasteiger partial charge is 0.383 e. The number of nitrogens with zero attached hydrogens (tertiary/aromatic N) is 3. The SMILES string of the molecule is CCCc1nc(N)c(C)c(NCC(C)N(C)C2CC2)n1. The van der Waals surface area contributed by atoms with Gasteiger partial charge in [0.1, 0.15) is 17.5 Å². The Morgan fingerprint density at radius 3 is 2.70 bits per heavy atom. The molecule has 112 valence electrons. The van der Waals surface area contributed by atoms with Crippen LogP contribution < -0.4 is 11.1 Å². The van der Waals surface area contributed by atoms with Crippen molar-refractivity contribution in [3.8, 4) is 0 Å². The number of likely N-dealkylation sites (N-methyl/N-ethyl adjacent to an activating group) is 1. The Morgan fingerprint density at radius 1 is 1.40 bits per heavy atom. The molecule has 1 fully saturated rings. The van der Waals surface area contributed by atoms with E-state index in [4.69, 9.17) is 5.73 Å². The van der Waals surface area contributed by atoms with Crippen LogP contribution >= 0.6 is 0 Å². The number of nitrogen functional groups attached to an aromatic ring is 1. The van der Waals surface area contributed by atoms with Crippen LogP contribution in [0.25, 0.3) is 0 Å². The highest BCUT2D eigenvalue weighted by molar-refractivity contribution is 5.54. The number of rotatable bonds is 7. The van der Waals surface area contributed by atoms with Gasteiger partial charge >= 0.3 is 0 Å². The van der Waals surface area contributed by atoms with Gasteiger partial charge < -0.3 is 11.1 Å². The van der Waals surface area contributed by atoms with Crippen LogP contribution in [0.5, 0.6) is 0 Å². The van der Waals surface area contributed by atoms with Crippen molar-refractivity contribution in [1.29, 1.82) is 0 Å². The summed E-state index contributed by atoms with van der Waals surface area (Å²) in [4.78, 5) is 11.4. The third kappa shape index (κ3) is 3.60. The topological polar surface area (TPSA) is 67.1 Å². The van der Waals surface area contributed by atoms with Crippen molar-refractivity contribution in [3.05, 3.63) is 11.4 Å². The van der Waals surface area contributed by atoms with Crippen LogP contribution in [0.1, 0.15) is 44.5 Å². The first kappa shape index (κ1) is 15.0. The fourth-order valence-electron chi connectivity index (χ4n) is 2.32. The molecule has 1 aromatic heterocycles. The summed E-state index contributed by atoms with van der Waals surface area (Å²) in [6.07, 6.45) is 4.57. The molecular formula is C15H27N5. The molecule has 1 aliphatic carbocycles. The molecular weight excluding hydrogens is 250 g/mol. The Labute approximate surface area is 122 Å². The highest BCUT2D eigenvalue weighted by atomic mass is 15.2. The van der Waals surface area contributed by atoms with Gasteiger partial charge in [0.15, 0.2) is 0 Å². The van der Waals surface area contributed by atoms with Gasteiger partial charge in [-0.25, -0.2) is 9.97 Å². The van der Waals surface area contributed by atoms with Crippen LogP contribution in [0, 0.1) is 6.92 Å². The Bertz CT molecular complexity index is 456. The molecule has 5 nitrogen and oxygen atoms in total. The lowest BCUT2D eigenvalue weighted by Crippen LogP contribution is -2.36. The minimum Gasteiger partial charge on any atom is -0.383 e. The van der Waals surface area contributed by atoms with Crippen molar-refractivity contribution in [2.24, 2.45) is 0 Å². The van der Waals surface area contributed by atoms with E-state index in [2.05, 4.69) is 41.1 Å². The second kappa shape index (κ2) is 6.39. The lowest BCUT2D eigenvalue weighted by Gasteiger charge is -2.25. The van der Waals surface area contributed by atoms with E-state index in [1.807, 2.05) is 6.92 Å². The zero-order chi connectivity index (χ0) is 14.7. The first-order chi connectivity index (χ1) is 9.52.